The van der Waals surface area contributed by atoms with Gasteiger partial charge in [-0.25, -0.2) is 0 Å². The number of hydrogen-bond donors (Lipinski definition) is 2. The monoisotopic (exact) mass is 263 g/mol. The van der Waals surface area contributed by atoms with Crippen LogP contribution in [-0.2, 0) is 15.0 Å². The Hall–Kier alpha value is -2.04. The summed E-state index contributed by atoms with van der Waals surface area (Å²) in [7, 11) is 1.56. The molecule has 5 nitrogen and oxygen atoms in total. The SMILES string of the molecule is COc1ccccc1C1(C(=O)N[C@@H](C)C(=O)O)CC1. The van der Waals surface area contributed by atoms with Crippen LogP contribution in [0.3, 0.4) is 0 Å². The van der Waals surface area contributed by atoms with Crippen LogP contribution in [0.4, 0.5) is 0 Å². The van der Waals surface area contributed by atoms with Crippen molar-refractivity contribution in [2.45, 2.75) is 31.2 Å². The van der Waals surface area contributed by atoms with E-state index in [1.165, 1.54) is 6.92 Å². The van der Waals surface area contributed by atoms with E-state index in [1.807, 2.05) is 24.3 Å². The molecule has 0 spiro atoms. The molecule has 1 amide bonds. The molecule has 1 aliphatic carbocycles. The van der Waals surface area contributed by atoms with Gasteiger partial charge in [0.05, 0.1) is 12.5 Å². The standard InChI is InChI=1S/C14H17NO4/c1-9(12(16)17)15-13(18)14(7-8-14)10-5-3-4-6-11(10)19-2/h3-6,9H,7-8H2,1-2H3,(H,15,18)(H,16,17)/t9-/m0/s1. The Morgan fingerprint density at radius 1 is 1.37 bits per heavy atom. The quantitative estimate of drug-likeness (QED) is 0.840. The summed E-state index contributed by atoms with van der Waals surface area (Å²) >= 11 is 0. The molecule has 0 unspecified atom stereocenters. The Morgan fingerprint density at radius 3 is 2.53 bits per heavy atom. The Morgan fingerprint density at radius 2 is 2.00 bits per heavy atom. The maximum atomic E-state index is 12.3. The second-order valence-electron chi connectivity index (χ2n) is 4.82. The van der Waals surface area contributed by atoms with Gasteiger partial charge in [-0.05, 0) is 25.8 Å². The van der Waals surface area contributed by atoms with Gasteiger partial charge in [0, 0.05) is 5.56 Å². The minimum Gasteiger partial charge on any atom is -0.496 e. The van der Waals surface area contributed by atoms with Crippen LogP contribution in [0.2, 0.25) is 0 Å². The summed E-state index contributed by atoms with van der Waals surface area (Å²) in [6.45, 7) is 1.46. The van der Waals surface area contributed by atoms with Gasteiger partial charge in [-0.1, -0.05) is 18.2 Å². The number of hydrogen-bond acceptors (Lipinski definition) is 3. The van der Waals surface area contributed by atoms with Crippen LogP contribution in [0.25, 0.3) is 0 Å². The van der Waals surface area contributed by atoms with Crippen molar-refractivity contribution < 1.29 is 19.4 Å². The highest BCUT2D eigenvalue weighted by Gasteiger charge is 2.53. The Kier molecular flexibility index (Phi) is 3.46. The minimum atomic E-state index is -1.04. The third-order valence-corrected chi connectivity index (χ3v) is 3.53. The highest BCUT2D eigenvalue weighted by atomic mass is 16.5. The van der Waals surface area contributed by atoms with Crippen molar-refractivity contribution in [2.75, 3.05) is 7.11 Å². The number of carbonyl (C=O) groups excluding carboxylic acids is 1. The van der Waals surface area contributed by atoms with Crippen LogP contribution in [0.5, 0.6) is 5.75 Å². The summed E-state index contributed by atoms with van der Waals surface area (Å²) in [5.41, 5.74) is 0.198. The molecule has 1 aromatic rings. The number of methoxy groups -OCH3 is 1. The molecular formula is C14H17NO4. The summed E-state index contributed by atoms with van der Waals surface area (Å²) in [5.74, 6) is -0.616. The van der Waals surface area contributed by atoms with Crippen LogP contribution < -0.4 is 10.1 Å². The van der Waals surface area contributed by atoms with Crippen LogP contribution in [0, 0.1) is 0 Å². The third-order valence-electron chi connectivity index (χ3n) is 3.53. The molecule has 1 saturated carbocycles. The van der Waals surface area contributed by atoms with Crippen LogP contribution in [0.1, 0.15) is 25.3 Å². The van der Waals surface area contributed by atoms with Crippen LogP contribution in [0.15, 0.2) is 24.3 Å². The highest BCUT2D eigenvalue weighted by Crippen LogP contribution is 2.51. The third kappa shape index (κ3) is 2.41. The number of ether oxygens (including phenoxy) is 1. The van der Waals surface area contributed by atoms with E-state index in [-0.39, 0.29) is 5.91 Å². The maximum Gasteiger partial charge on any atom is 0.325 e. The summed E-state index contributed by atoms with van der Waals surface area (Å²) in [4.78, 5) is 23.1. The molecule has 1 aliphatic rings. The lowest BCUT2D eigenvalue weighted by Crippen LogP contribution is -2.44. The summed E-state index contributed by atoms with van der Waals surface area (Å²) < 4.78 is 5.28. The van der Waals surface area contributed by atoms with Crippen molar-refractivity contribution in [1.82, 2.24) is 5.32 Å². The summed E-state index contributed by atoms with van der Waals surface area (Å²) in [5, 5.41) is 11.4. The number of carboxylic acid groups (broad SMARTS) is 1. The lowest BCUT2D eigenvalue weighted by molar-refractivity contribution is -0.141. The fraction of sp³-hybridized carbons (Fsp3) is 0.429. The van der Waals surface area contributed by atoms with Crippen molar-refractivity contribution in [3.8, 4) is 5.75 Å². The predicted molar refractivity (Wildman–Crippen MR) is 69.1 cm³/mol. The number of rotatable bonds is 5. The number of para-hydroxylation sites is 1. The van der Waals surface area contributed by atoms with Gasteiger partial charge in [0.2, 0.25) is 5.91 Å². The molecule has 2 rings (SSSR count). The average molecular weight is 263 g/mol. The van der Waals surface area contributed by atoms with Gasteiger partial charge in [0.1, 0.15) is 11.8 Å². The zero-order valence-corrected chi connectivity index (χ0v) is 11.0. The van der Waals surface area contributed by atoms with Crippen molar-refractivity contribution in [1.29, 1.82) is 0 Å². The van der Waals surface area contributed by atoms with E-state index in [4.69, 9.17) is 9.84 Å². The molecule has 1 fully saturated rings. The molecule has 5 heteroatoms. The van der Waals surface area contributed by atoms with Gasteiger partial charge < -0.3 is 15.2 Å². The lowest BCUT2D eigenvalue weighted by atomic mass is 9.93. The van der Waals surface area contributed by atoms with Crippen molar-refractivity contribution >= 4 is 11.9 Å². The first-order chi connectivity index (χ1) is 9.01. The van der Waals surface area contributed by atoms with E-state index in [1.54, 1.807) is 7.11 Å². The van der Waals surface area contributed by atoms with Gasteiger partial charge in [0.25, 0.3) is 0 Å². The predicted octanol–water partition coefficient (Wildman–Crippen LogP) is 1.32. The smallest absolute Gasteiger partial charge is 0.325 e. The van der Waals surface area contributed by atoms with Gasteiger partial charge in [-0.2, -0.15) is 0 Å². The molecule has 0 saturated heterocycles. The first-order valence-electron chi connectivity index (χ1n) is 6.18. The fourth-order valence-electron chi connectivity index (χ4n) is 2.18. The number of carbonyl (C=O) groups is 2. The van der Waals surface area contributed by atoms with E-state index in [9.17, 15) is 9.59 Å². The average Bonchev–Trinajstić information content (AvgIpc) is 3.19. The zero-order chi connectivity index (χ0) is 14.0. The molecular weight excluding hydrogens is 246 g/mol. The summed E-state index contributed by atoms with van der Waals surface area (Å²) in [6.07, 6.45) is 1.43. The topological polar surface area (TPSA) is 75.6 Å². The van der Waals surface area contributed by atoms with E-state index in [2.05, 4.69) is 5.32 Å². The number of amides is 1. The molecule has 102 valence electrons. The van der Waals surface area contributed by atoms with E-state index < -0.39 is 17.4 Å². The minimum absolute atomic E-state index is 0.244. The van der Waals surface area contributed by atoms with Crippen molar-refractivity contribution in [2.24, 2.45) is 0 Å². The molecule has 1 atom stereocenters. The van der Waals surface area contributed by atoms with Crippen LogP contribution in [-0.4, -0.2) is 30.1 Å². The first-order valence-corrected chi connectivity index (χ1v) is 6.18. The largest absolute Gasteiger partial charge is 0.496 e. The summed E-state index contributed by atoms with van der Waals surface area (Å²) in [6, 6.07) is 6.47. The Labute approximate surface area is 111 Å². The first kappa shape index (κ1) is 13.4. The lowest BCUT2D eigenvalue weighted by Gasteiger charge is -2.20. The van der Waals surface area contributed by atoms with E-state index in [0.29, 0.717) is 18.6 Å². The number of aliphatic carboxylic acids is 1. The van der Waals surface area contributed by atoms with Gasteiger partial charge in [-0.15, -0.1) is 0 Å². The van der Waals surface area contributed by atoms with Gasteiger partial charge in [0.15, 0.2) is 0 Å². The molecule has 0 radical (unpaired) electrons. The second kappa shape index (κ2) is 4.91. The molecule has 0 bridgehead atoms. The Balaban J connectivity index is 2.23. The molecule has 19 heavy (non-hydrogen) atoms. The van der Waals surface area contributed by atoms with Crippen molar-refractivity contribution in [3.05, 3.63) is 29.8 Å². The number of benzene rings is 1. The molecule has 2 N–H and O–H groups in total. The van der Waals surface area contributed by atoms with E-state index in [0.717, 1.165) is 5.56 Å². The molecule has 1 aromatic carbocycles. The van der Waals surface area contributed by atoms with Gasteiger partial charge >= 0.3 is 5.97 Å². The number of carboxylic acids is 1. The second-order valence-corrected chi connectivity index (χ2v) is 4.82. The van der Waals surface area contributed by atoms with Crippen molar-refractivity contribution in [3.63, 3.8) is 0 Å². The van der Waals surface area contributed by atoms with Gasteiger partial charge in [-0.3, -0.25) is 9.59 Å². The highest BCUT2D eigenvalue weighted by molar-refractivity contribution is 5.94. The van der Waals surface area contributed by atoms with E-state index >= 15 is 0 Å². The Bertz CT molecular complexity index is 508. The fourth-order valence-corrected chi connectivity index (χ4v) is 2.18. The normalized spacial score (nSPS) is 17.4. The molecule has 0 heterocycles. The molecule has 0 aromatic heterocycles. The molecule has 0 aliphatic heterocycles. The van der Waals surface area contributed by atoms with Crippen LogP contribution >= 0.6 is 0 Å². The maximum absolute atomic E-state index is 12.3. The zero-order valence-electron chi connectivity index (χ0n) is 11.0. The number of nitrogens with one attached hydrogen (secondary N) is 1.